The van der Waals surface area contributed by atoms with E-state index in [2.05, 4.69) is 20.3 Å². The van der Waals surface area contributed by atoms with Crippen molar-refractivity contribution in [2.75, 3.05) is 13.1 Å². The summed E-state index contributed by atoms with van der Waals surface area (Å²) in [5.41, 5.74) is 0. The predicted octanol–water partition coefficient (Wildman–Crippen LogP) is 0.586. The van der Waals surface area contributed by atoms with E-state index in [0.717, 1.165) is 12.4 Å². The first-order valence-corrected chi connectivity index (χ1v) is 5.30. The molecule has 0 aromatic carbocycles. The average molecular weight is 195 g/mol. The molecule has 0 spiro atoms. The van der Waals surface area contributed by atoms with E-state index in [1.54, 1.807) is 7.05 Å². The Kier molecular flexibility index (Phi) is 3.08. The number of aryl methyl sites for hydroxylation is 1. The lowest BCUT2D eigenvalue weighted by atomic mass is 10.2. The van der Waals surface area contributed by atoms with Gasteiger partial charge in [-0.2, -0.15) is 4.80 Å². The summed E-state index contributed by atoms with van der Waals surface area (Å²) < 4.78 is 0. The number of likely N-dealkylation sites (tertiary alicyclic amines) is 1. The van der Waals surface area contributed by atoms with Crippen LogP contribution in [0.2, 0.25) is 0 Å². The van der Waals surface area contributed by atoms with Gasteiger partial charge in [0.25, 0.3) is 0 Å². The standard InChI is InChI=1S/C9H17N5/c1-13-11-9(10-12-13)8-14-6-4-2-3-5-7-14/h2-8H2,1H3. The molecule has 0 radical (unpaired) electrons. The van der Waals surface area contributed by atoms with Gasteiger partial charge in [-0.25, -0.2) is 0 Å². The van der Waals surface area contributed by atoms with Gasteiger partial charge in [-0.3, -0.25) is 4.90 Å². The van der Waals surface area contributed by atoms with Crippen LogP contribution >= 0.6 is 0 Å². The molecule has 14 heavy (non-hydrogen) atoms. The van der Waals surface area contributed by atoms with E-state index in [4.69, 9.17) is 0 Å². The van der Waals surface area contributed by atoms with E-state index in [1.165, 1.54) is 43.6 Å². The van der Waals surface area contributed by atoms with Crippen LogP contribution in [0.3, 0.4) is 0 Å². The van der Waals surface area contributed by atoms with E-state index in [-0.39, 0.29) is 0 Å². The minimum atomic E-state index is 0.842. The van der Waals surface area contributed by atoms with E-state index in [9.17, 15) is 0 Å². The maximum Gasteiger partial charge on any atom is 0.188 e. The van der Waals surface area contributed by atoms with Crippen molar-refractivity contribution in [2.24, 2.45) is 7.05 Å². The highest BCUT2D eigenvalue weighted by Crippen LogP contribution is 2.10. The zero-order chi connectivity index (χ0) is 9.80. The van der Waals surface area contributed by atoms with E-state index < -0.39 is 0 Å². The molecule has 1 aliphatic rings. The highest BCUT2D eigenvalue weighted by Gasteiger charge is 2.11. The Labute approximate surface area is 84.1 Å². The lowest BCUT2D eigenvalue weighted by Gasteiger charge is -2.16. The minimum absolute atomic E-state index is 0.842. The topological polar surface area (TPSA) is 46.8 Å². The molecule has 78 valence electrons. The number of hydrogen-bond donors (Lipinski definition) is 0. The first-order valence-electron chi connectivity index (χ1n) is 5.30. The van der Waals surface area contributed by atoms with E-state index >= 15 is 0 Å². The van der Waals surface area contributed by atoms with Crippen molar-refractivity contribution in [3.05, 3.63) is 5.82 Å². The van der Waals surface area contributed by atoms with Gasteiger partial charge in [-0.05, 0) is 31.1 Å². The van der Waals surface area contributed by atoms with Gasteiger partial charge in [0.2, 0.25) is 0 Å². The Bertz CT molecular complexity index is 274. The van der Waals surface area contributed by atoms with Crippen LogP contribution < -0.4 is 0 Å². The van der Waals surface area contributed by atoms with Crippen molar-refractivity contribution in [1.82, 2.24) is 25.1 Å². The van der Waals surface area contributed by atoms with Gasteiger partial charge in [0.1, 0.15) is 0 Å². The van der Waals surface area contributed by atoms with Crippen LogP contribution in [-0.2, 0) is 13.6 Å². The molecule has 2 heterocycles. The highest BCUT2D eigenvalue weighted by molar-refractivity contribution is 4.77. The Hall–Kier alpha value is -0.970. The third kappa shape index (κ3) is 2.51. The summed E-state index contributed by atoms with van der Waals surface area (Å²) in [5.74, 6) is 0.842. The summed E-state index contributed by atoms with van der Waals surface area (Å²) in [6, 6.07) is 0. The van der Waals surface area contributed by atoms with Crippen molar-refractivity contribution in [3.8, 4) is 0 Å². The van der Waals surface area contributed by atoms with Gasteiger partial charge in [0.15, 0.2) is 5.82 Å². The third-order valence-electron chi connectivity index (χ3n) is 2.61. The van der Waals surface area contributed by atoms with E-state index in [1.807, 2.05) is 0 Å². The Morgan fingerprint density at radius 2 is 1.86 bits per heavy atom. The second-order valence-electron chi connectivity index (χ2n) is 3.89. The molecule has 1 fully saturated rings. The molecule has 1 saturated heterocycles. The molecular formula is C9H17N5. The Morgan fingerprint density at radius 3 is 2.43 bits per heavy atom. The maximum atomic E-state index is 4.19. The highest BCUT2D eigenvalue weighted by atomic mass is 15.6. The SMILES string of the molecule is Cn1nnc(CN2CCCCCC2)n1. The maximum absolute atomic E-state index is 4.19. The van der Waals surface area contributed by atoms with Gasteiger partial charge < -0.3 is 0 Å². The average Bonchev–Trinajstić information content (AvgIpc) is 2.43. The number of aromatic nitrogens is 4. The largest absolute Gasteiger partial charge is 0.296 e. The van der Waals surface area contributed by atoms with Gasteiger partial charge in [0.05, 0.1) is 13.6 Å². The first-order chi connectivity index (χ1) is 6.84. The molecule has 1 aromatic rings. The molecule has 0 atom stereocenters. The molecule has 1 aromatic heterocycles. The molecule has 0 aliphatic carbocycles. The Balaban J connectivity index is 1.89. The number of hydrogen-bond acceptors (Lipinski definition) is 4. The fourth-order valence-corrected chi connectivity index (χ4v) is 1.88. The molecule has 5 heteroatoms. The van der Waals surface area contributed by atoms with E-state index in [0.29, 0.717) is 0 Å². The van der Waals surface area contributed by atoms with Crippen molar-refractivity contribution in [1.29, 1.82) is 0 Å². The molecule has 0 amide bonds. The summed E-state index contributed by atoms with van der Waals surface area (Å²) in [5, 5.41) is 12.0. The third-order valence-corrected chi connectivity index (χ3v) is 2.61. The van der Waals surface area contributed by atoms with Crippen LogP contribution in [0.25, 0.3) is 0 Å². The fourth-order valence-electron chi connectivity index (χ4n) is 1.88. The monoisotopic (exact) mass is 195 g/mol. The van der Waals surface area contributed by atoms with Crippen LogP contribution in [0, 0.1) is 0 Å². The Morgan fingerprint density at radius 1 is 1.14 bits per heavy atom. The normalized spacial score (nSPS) is 19.5. The zero-order valence-electron chi connectivity index (χ0n) is 8.69. The summed E-state index contributed by atoms with van der Waals surface area (Å²) >= 11 is 0. The van der Waals surface area contributed by atoms with Crippen LogP contribution in [0.4, 0.5) is 0 Å². The van der Waals surface area contributed by atoms with Crippen LogP contribution in [0.5, 0.6) is 0 Å². The van der Waals surface area contributed by atoms with Crippen LogP contribution in [0.15, 0.2) is 0 Å². The zero-order valence-corrected chi connectivity index (χ0v) is 8.69. The molecule has 0 saturated carbocycles. The van der Waals surface area contributed by atoms with Gasteiger partial charge in [-0.1, -0.05) is 12.8 Å². The molecule has 5 nitrogen and oxygen atoms in total. The number of rotatable bonds is 2. The van der Waals surface area contributed by atoms with Crippen molar-refractivity contribution < 1.29 is 0 Å². The van der Waals surface area contributed by atoms with Gasteiger partial charge >= 0.3 is 0 Å². The lowest BCUT2D eigenvalue weighted by Crippen LogP contribution is -2.24. The van der Waals surface area contributed by atoms with Crippen molar-refractivity contribution in [2.45, 2.75) is 32.2 Å². The van der Waals surface area contributed by atoms with Crippen molar-refractivity contribution in [3.63, 3.8) is 0 Å². The van der Waals surface area contributed by atoms with Crippen LogP contribution in [0.1, 0.15) is 31.5 Å². The smallest absolute Gasteiger partial charge is 0.188 e. The van der Waals surface area contributed by atoms with Crippen molar-refractivity contribution >= 4 is 0 Å². The van der Waals surface area contributed by atoms with Gasteiger partial charge in [0, 0.05) is 0 Å². The summed E-state index contributed by atoms with van der Waals surface area (Å²) in [4.78, 5) is 3.94. The predicted molar refractivity (Wildman–Crippen MR) is 52.5 cm³/mol. The number of tetrazole rings is 1. The summed E-state index contributed by atoms with van der Waals surface area (Å²) in [6.45, 7) is 3.21. The lowest BCUT2D eigenvalue weighted by molar-refractivity contribution is 0.269. The minimum Gasteiger partial charge on any atom is -0.296 e. The molecule has 2 rings (SSSR count). The molecule has 0 unspecified atom stereocenters. The first kappa shape index (κ1) is 9.58. The van der Waals surface area contributed by atoms with Crippen LogP contribution in [-0.4, -0.2) is 38.2 Å². The second kappa shape index (κ2) is 4.50. The fraction of sp³-hybridized carbons (Fsp3) is 0.889. The summed E-state index contributed by atoms with van der Waals surface area (Å²) in [7, 11) is 1.80. The quantitative estimate of drug-likeness (QED) is 0.693. The molecular weight excluding hydrogens is 178 g/mol. The molecule has 1 aliphatic heterocycles. The number of nitrogens with zero attached hydrogens (tertiary/aromatic N) is 5. The molecule has 0 bridgehead atoms. The van der Waals surface area contributed by atoms with Gasteiger partial charge in [-0.15, -0.1) is 10.2 Å². The molecule has 0 N–H and O–H groups in total. The second-order valence-corrected chi connectivity index (χ2v) is 3.89. The summed E-state index contributed by atoms with van der Waals surface area (Å²) in [6.07, 6.45) is 5.34.